The van der Waals surface area contributed by atoms with E-state index in [1.807, 2.05) is 0 Å². The molecule has 1 amide bonds. The van der Waals surface area contributed by atoms with Crippen molar-refractivity contribution in [1.29, 1.82) is 0 Å². The Balaban J connectivity index is 1.49. The van der Waals surface area contributed by atoms with E-state index >= 15 is 0 Å². The number of hydrogen-bond acceptors (Lipinski definition) is 7. The summed E-state index contributed by atoms with van der Waals surface area (Å²) >= 11 is 0. The third kappa shape index (κ3) is 4.58. The van der Waals surface area contributed by atoms with Gasteiger partial charge in [-0.25, -0.2) is 8.78 Å². The summed E-state index contributed by atoms with van der Waals surface area (Å²) in [5.41, 5.74) is -0.605. The van der Waals surface area contributed by atoms with Crippen LogP contribution in [0.15, 0.2) is 45.5 Å². The molecule has 0 aliphatic carbocycles. The van der Waals surface area contributed by atoms with Crippen molar-refractivity contribution in [3.63, 3.8) is 0 Å². The van der Waals surface area contributed by atoms with Crippen LogP contribution in [-0.4, -0.2) is 28.1 Å². The standard InChI is InChI=1S/C18H15F2N3O5/c1-10(18(25)22-16-11(19)4-2-5-12(16)20)27-15(24)8-7-14-21-17(23-28-14)13-6-3-9-26-13/h2-6,9-10H,7-8H2,1H3,(H,22,25). The first-order valence-corrected chi connectivity index (χ1v) is 8.25. The molecule has 1 unspecified atom stereocenters. The number of nitrogens with one attached hydrogen (secondary N) is 1. The Bertz CT molecular complexity index is 951. The fourth-order valence-corrected chi connectivity index (χ4v) is 2.22. The Labute approximate surface area is 157 Å². The van der Waals surface area contributed by atoms with Crippen molar-refractivity contribution in [1.82, 2.24) is 10.1 Å². The molecule has 3 rings (SSSR count). The first-order chi connectivity index (χ1) is 13.4. The molecule has 0 saturated carbocycles. The zero-order valence-corrected chi connectivity index (χ0v) is 14.6. The largest absolute Gasteiger partial charge is 0.461 e. The van der Waals surface area contributed by atoms with Gasteiger partial charge in [0.15, 0.2) is 11.9 Å². The quantitative estimate of drug-likeness (QED) is 0.617. The summed E-state index contributed by atoms with van der Waals surface area (Å²) in [5.74, 6) is -2.60. The molecule has 2 aromatic heterocycles. The number of aryl methyl sites for hydroxylation is 1. The summed E-state index contributed by atoms with van der Waals surface area (Å²) in [6.45, 7) is 1.29. The Hall–Kier alpha value is -3.56. The third-order valence-corrected chi connectivity index (χ3v) is 3.64. The van der Waals surface area contributed by atoms with Crippen molar-refractivity contribution < 1.29 is 32.0 Å². The smallest absolute Gasteiger partial charge is 0.307 e. The average Bonchev–Trinajstić information content (AvgIpc) is 3.34. The number of ether oxygens (including phenoxy) is 1. The zero-order valence-electron chi connectivity index (χ0n) is 14.6. The van der Waals surface area contributed by atoms with Gasteiger partial charge in [-0.15, -0.1) is 0 Å². The van der Waals surface area contributed by atoms with Crippen LogP contribution in [0.4, 0.5) is 14.5 Å². The summed E-state index contributed by atoms with van der Waals surface area (Å²) < 4.78 is 42.2. The third-order valence-electron chi connectivity index (χ3n) is 3.64. The Kier molecular flexibility index (Phi) is 5.78. The van der Waals surface area contributed by atoms with Crippen LogP contribution in [0.1, 0.15) is 19.2 Å². The van der Waals surface area contributed by atoms with E-state index in [9.17, 15) is 18.4 Å². The number of carbonyl (C=O) groups is 2. The first kappa shape index (κ1) is 19.2. The molecule has 2 heterocycles. The summed E-state index contributed by atoms with van der Waals surface area (Å²) in [4.78, 5) is 28.0. The van der Waals surface area contributed by atoms with Gasteiger partial charge in [-0.2, -0.15) is 4.98 Å². The van der Waals surface area contributed by atoms with Crippen LogP contribution in [0.3, 0.4) is 0 Å². The first-order valence-electron chi connectivity index (χ1n) is 8.25. The predicted molar refractivity (Wildman–Crippen MR) is 90.9 cm³/mol. The zero-order chi connectivity index (χ0) is 20.1. The molecule has 0 spiro atoms. The number of rotatable bonds is 7. The molecule has 10 heteroatoms. The van der Waals surface area contributed by atoms with Gasteiger partial charge < -0.3 is 19.0 Å². The Morgan fingerprint density at radius 1 is 1.21 bits per heavy atom. The number of hydrogen-bond donors (Lipinski definition) is 1. The van der Waals surface area contributed by atoms with Gasteiger partial charge in [0.05, 0.1) is 12.7 Å². The number of aromatic nitrogens is 2. The van der Waals surface area contributed by atoms with E-state index in [2.05, 4.69) is 15.5 Å². The van der Waals surface area contributed by atoms with Gasteiger partial charge >= 0.3 is 5.97 Å². The van der Waals surface area contributed by atoms with E-state index in [0.29, 0.717) is 5.76 Å². The fourth-order valence-electron chi connectivity index (χ4n) is 2.22. The Morgan fingerprint density at radius 3 is 2.64 bits per heavy atom. The molecule has 8 nitrogen and oxygen atoms in total. The number of nitrogens with zero attached hydrogens (tertiary/aromatic N) is 2. The second kappa shape index (κ2) is 8.42. The van der Waals surface area contributed by atoms with Gasteiger partial charge in [-0.3, -0.25) is 9.59 Å². The maximum atomic E-state index is 13.6. The van der Waals surface area contributed by atoms with E-state index in [1.54, 1.807) is 12.1 Å². The van der Waals surface area contributed by atoms with E-state index < -0.39 is 35.3 Å². The molecular formula is C18H15F2N3O5. The van der Waals surface area contributed by atoms with Crippen LogP contribution < -0.4 is 5.32 Å². The van der Waals surface area contributed by atoms with Crippen LogP contribution >= 0.6 is 0 Å². The van der Waals surface area contributed by atoms with Gasteiger partial charge in [0.25, 0.3) is 5.91 Å². The average molecular weight is 391 g/mol. The van der Waals surface area contributed by atoms with Gasteiger partial charge in [0.2, 0.25) is 11.7 Å². The summed E-state index contributed by atoms with van der Waals surface area (Å²) in [6.07, 6.45) is 0.157. The molecule has 3 aromatic rings. The summed E-state index contributed by atoms with van der Waals surface area (Å²) in [7, 11) is 0. The van der Waals surface area contributed by atoms with E-state index in [1.165, 1.54) is 19.3 Å². The molecule has 1 aromatic carbocycles. The van der Waals surface area contributed by atoms with Crippen LogP contribution in [0.5, 0.6) is 0 Å². The predicted octanol–water partition coefficient (Wildman–Crippen LogP) is 3.11. The van der Waals surface area contributed by atoms with Crippen molar-refractivity contribution in [2.24, 2.45) is 0 Å². The van der Waals surface area contributed by atoms with Crippen LogP contribution in [-0.2, 0) is 20.7 Å². The molecule has 0 aliphatic rings. The number of benzene rings is 1. The van der Waals surface area contributed by atoms with Crippen LogP contribution in [0.25, 0.3) is 11.6 Å². The lowest BCUT2D eigenvalue weighted by Crippen LogP contribution is -2.30. The number of para-hydroxylation sites is 1. The molecule has 0 aliphatic heterocycles. The SMILES string of the molecule is CC(OC(=O)CCc1nc(-c2ccco2)no1)C(=O)Nc1c(F)cccc1F. The van der Waals surface area contributed by atoms with E-state index in [-0.39, 0.29) is 24.6 Å². The van der Waals surface area contributed by atoms with Gasteiger partial charge in [-0.05, 0) is 31.2 Å². The molecular weight excluding hydrogens is 376 g/mol. The highest BCUT2D eigenvalue weighted by molar-refractivity contribution is 5.95. The molecule has 1 atom stereocenters. The molecule has 0 radical (unpaired) electrons. The fraction of sp³-hybridized carbons (Fsp3) is 0.222. The van der Waals surface area contributed by atoms with Crippen molar-refractivity contribution in [2.45, 2.75) is 25.9 Å². The van der Waals surface area contributed by atoms with Crippen LogP contribution in [0, 0.1) is 11.6 Å². The van der Waals surface area contributed by atoms with Crippen molar-refractivity contribution in [3.05, 3.63) is 54.1 Å². The lowest BCUT2D eigenvalue weighted by atomic mass is 10.2. The maximum absolute atomic E-state index is 13.6. The van der Waals surface area contributed by atoms with Crippen LogP contribution in [0.2, 0.25) is 0 Å². The number of amides is 1. The van der Waals surface area contributed by atoms with Crippen molar-refractivity contribution >= 4 is 17.6 Å². The maximum Gasteiger partial charge on any atom is 0.307 e. The molecule has 146 valence electrons. The van der Waals surface area contributed by atoms with Crippen molar-refractivity contribution in [2.75, 3.05) is 5.32 Å². The minimum atomic E-state index is -1.26. The highest BCUT2D eigenvalue weighted by atomic mass is 19.1. The lowest BCUT2D eigenvalue weighted by molar-refractivity contribution is -0.153. The number of furan rings is 1. The van der Waals surface area contributed by atoms with E-state index in [4.69, 9.17) is 13.7 Å². The highest BCUT2D eigenvalue weighted by Crippen LogP contribution is 2.19. The van der Waals surface area contributed by atoms with Gasteiger partial charge in [0.1, 0.15) is 17.3 Å². The second-order valence-corrected chi connectivity index (χ2v) is 5.71. The number of carbonyl (C=O) groups excluding carboxylic acids is 2. The summed E-state index contributed by atoms with van der Waals surface area (Å²) in [6, 6.07) is 6.48. The summed E-state index contributed by atoms with van der Waals surface area (Å²) in [5, 5.41) is 5.78. The molecule has 28 heavy (non-hydrogen) atoms. The minimum Gasteiger partial charge on any atom is -0.461 e. The normalized spacial score (nSPS) is 11.8. The highest BCUT2D eigenvalue weighted by Gasteiger charge is 2.21. The molecule has 0 bridgehead atoms. The second-order valence-electron chi connectivity index (χ2n) is 5.71. The lowest BCUT2D eigenvalue weighted by Gasteiger charge is -2.14. The van der Waals surface area contributed by atoms with E-state index in [0.717, 1.165) is 12.1 Å². The monoisotopic (exact) mass is 391 g/mol. The minimum absolute atomic E-state index is 0.0861. The molecule has 0 fully saturated rings. The molecule has 1 N–H and O–H groups in total. The van der Waals surface area contributed by atoms with Gasteiger partial charge in [-0.1, -0.05) is 11.2 Å². The Morgan fingerprint density at radius 2 is 1.96 bits per heavy atom. The van der Waals surface area contributed by atoms with Gasteiger partial charge in [0, 0.05) is 6.42 Å². The number of anilines is 1. The number of halogens is 2. The van der Waals surface area contributed by atoms with Crippen molar-refractivity contribution in [3.8, 4) is 11.6 Å². The number of esters is 1. The molecule has 0 saturated heterocycles. The topological polar surface area (TPSA) is 107 Å².